The van der Waals surface area contributed by atoms with Crippen LogP contribution in [0.15, 0.2) is 50.7 Å². The molecule has 1 aromatic carbocycles. The van der Waals surface area contributed by atoms with E-state index in [9.17, 15) is 9.59 Å². The molecule has 10 heteroatoms. The number of thiazole rings is 1. The Morgan fingerprint density at radius 3 is 2.85 bits per heavy atom. The first-order valence-electron chi connectivity index (χ1n) is 10.1. The van der Waals surface area contributed by atoms with E-state index < -0.39 is 12.0 Å². The summed E-state index contributed by atoms with van der Waals surface area (Å²) in [5.41, 5.74) is 1.45. The number of nitrogens with zero attached hydrogens (tertiary/aromatic N) is 2. The first kappa shape index (κ1) is 25.2. The Hall–Kier alpha value is -1.95. The Bertz CT molecular complexity index is 1510. The molecule has 0 spiro atoms. The summed E-state index contributed by atoms with van der Waals surface area (Å²) in [5, 5.41) is 1.92. The van der Waals surface area contributed by atoms with Crippen LogP contribution in [-0.2, 0) is 9.53 Å². The third-order valence-electron chi connectivity index (χ3n) is 4.95. The predicted octanol–water partition coefficient (Wildman–Crippen LogP) is 4.08. The van der Waals surface area contributed by atoms with E-state index in [0.717, 1.165) is 17.6 Å². The van der Waals surface area contributed by atoms with Crippen molar-refractivity contribution in [3.05, 3.63) is 78.2 Å². The Balaban J connectivity index is 1.94. The number of terminal acetylenes is 1. The Kier molecular flexibility index (Phi) is 7.96. The molecule has 0 unspecified atom stereocenters. The second-order valence-corrected chi connectivity index (χ2v) is 11.5. The lowest BCUT2D eigenvalue weighted by atomic mass is 10.0. The van der Waals surface area contributed by atoms with Gasteiger partial charge in [0, 0.05) is 14.0 Å². The molecule has 174 valence electrons. The molecule has 6 nitrogen and oxygen atoms in total. The summed E-state index contributed by atoms with van der Waals surface area (Å²) in [5.74, 6) is 2.65. The van der Waals surface area contributed by atoms with Gasteiger partial charge in [0.1, 0.15) is 18.4 Å². The van der Waals surface area contributed by atoms with Gasteiger partial charge in [-0.15, -0.1) is 17.8 Å². The van der Waals surface area contributed by atoms with Crippen LogP contribution < -0.4 is 19.6 Å². The molecule has 0 aliphatic carbocycles. The van der Waals surface area contributed by atoms with Crippen LogP contribution in [0.5, 0.6) is 5.75 Å². The number of hydrogen-bond donors (Lipinski definition) is 0. The van der Waals surface area contributed by atoms with Crippen molar-refractivity contribution in [1.29, 1.82) is 0 Å². The van der Waals surface area contributed by atoms with Crippen LogP contribution in [0.3, 0.4) is 0 Å². The van der Waals surface area contributed by atoms with Crippen molar-refractivity contribution in [3.8, 4) is 18.1 Å². The second kappa shape index (κ2) is 10.8. The van der Waals surface area contributed by atoms with E-state index in [0.29, 0.717) is 26.4 Å². The van der Waals surface area contributed by atoms with Crippen molar-refractivity contribution in [2.45, 2.75) is 19.9 Å². The highest BCUT2D eigenvalue weighted by molar-refractivity contribution is 14.1. The smallest absolute Gasteiger partial charge is 0.338 e. The Labute approximate surface area is 231 Å². The lowest BCUT2D eigenvalue weighted by Crippen LogP contribution is -2.39. The fourth-order valence-corrected chi connectivity index (χ4v) is 7.51. The minimum absolute atomic E-state index is 0.124. The zero-order valence-corrected chi connectivity index (χ0v) is 24.1. The van der Waals surface area contributed by atoms with Crippen molar-refractivity contribution in [1.82, 2.24) is 4.57 Å². The van der Waals surface area contributed by atoms with Gasteiger partial charge in [-0.05, 0) is 88.7 Å². The second-order valence-electron chi connectivity index (χ2n) is 7.12. The zero-order valence-electron chi connectivity index (χ0n) is 18.1. The first-order valence-corrected chi connectivity index (χ1v) is 14.0. The lowest BCUT2D eigenvalue weighted by Gasteiger charge is -2.23. The number of allylic oxidation sites excluding steroid dienone is 1. The number of halogens is 2. The number of fused-ring (bicyclic) bond motifs is 1. The van der Waals surface area contributed by atoms with Gasteiger partial charge in [-0.2, -0.15) is 0 Å². The zero-order chi connectivity index (χ0) is 24.4. The van der Waals surface area contributed by atoms with Gasteiger partial charge in [0.05, 0.1) is 26.0 Å². The highest BCUT2D eigenvalue weighted by Crippen LogP contribution is 2.33. The maximum absolute atomic E-state index is 13.7. The van der Waals surface area contributed by atoms with Crippen molar-refractivity contribution in [3.63, 3.8) is 0 Å². The summed E-state index contributed by atoms with van der Waals surface area (Å²) in [4.78, 5) is 32.6. The van der Waals surface area contributed by atoms with Gasteiger partial charge in [-0.1, -0.05) is 23.3 Å². The fourth-order valence-electron chi connectivity index (χ4n) is 3.60. The van der Waals surface area contributed by atoms with Crippen molar-refractivity contribution >= 4 is 79.9 Å². The van der Waals surface area contributed by atoms with Gasteiger partial charge in [0.15, 0.2) is 4.80 Å². The molecule has 0 saturated carbocycles. The van der Waals surface area contributed by atoms with E-state index >= 15 is 0 Å². The molecule has 0 radical (unpaired) electrons. The van der Waals surface area contributed by atoms with Crippen molar-refractivity contribution in [2.24, 2.45) is 4.99 Å². The van der Waals surface area contributed by atoms with Gasteiger partial charge in [0.2, 0.25) is 0 Å². The van der Waals surface area contributed by atoms with E-state index in [1.54, 1.807) is 24.5 Å². The number of thiophene rings is 1. The van der Waals surface area contributed by atoms with Crippen molar-refractivity contribution in [2.75, 3.05) is 13.2 Å². The molecule has 1 aliphatic rings. The number of esters is 1. The van der Waals surface area contributed by atoms with Crippen LogP contribution >= 0.6 is 67.9 Å². The highest BCUT2D eigenvalue weighted by atomic mass is 127. The SMILES string of the molecule is C#CCOc1c(I)cc(I)cc1/C=c1\sc2n(c1=O)[C@@H](c1cccs1)C(C(=O)OCC)=C(C)N=2. The van der Waals surface area contributed by atoms with Crippen LogP contribution in [0.25, 0.3) is 6.08 Å². The first-order chi connectivity index (χ1) is 16.3. The van der Waals surface area contributed by atoms with E-state index in [4.69, 9.17) is 15.9 Å². The third-order valence-corrected chi connectivity index (χ3v) is 8.29. The molecule has 4 rings (SSSR count). The molecule has 0 amide bonds. The average Bonchev–Trinajstić information content (AvgIpc) is 3.41. The van der Waals surface area contributed by atoms with Crippen LogP contribution in [-0.4, -0.2) is 23.8 Å². The third kappa shape index (κ3) is 4.89. The summed E-state index contributed by atoms with van der Waals surface area (Å²) in [7, 11) is 0. The molecule has 0 fully saturated rings. The summed E-state index contributed by atoms with van der Waals surface area (Å²) >= 11 is 7.19. The lowest BCUT2D eigenvalue weighted by molar-refractivity contribution is -0.139. The molecular weight excluding hydrogens is 698 g/mol. The molecule has 1 aliphatic heterocycles. The molecule has 1 atom stereocenters. The van der Waals surface area contributed by atoms with Gasteiger partial charge in [0.25, 0.3) is 5.56 Å². The van der Waals surface area contributed by atoms with E-state index in [1.165, 1.54) is 22.7 Å². The van der Waals surface area contributed by atoms with Crippen LogP contribution in [0.2, 0.25) is 0 Å². The van der Waals surface area contributed by atoms with Gasteiger partial charge < -0.3 is 9.47 Å². The van der Waals surface area contributed by atoms with Crippen LogP contribution in [0.4, 0.5) is 0 Å². The number of carbonyl (C=O) groups is 1. The summed E-state index contributed by atoms with van der Waals surface area (Å²) in [6, 6.07) is 7.15. The molecule has 3 heterocycles. The molecule has 0 N–H and O–H groups in total. The van der Waals surface area contributed by atoms with Gasteiger partial charge >= 0.3 is 5.97 Å². The molecular formula is C24H18I2N2O4S2. The topological polar surface area (TPSA) is 69.9 Å². The average molecular weight is 716 g/mol. The van der Waals surface area contributed by atoms with Gasteiger partial charge in [-0.3, -0.25) is 9.36 Å². The maximum Gasteiger partial charge on any atom is 0.338 e. The predicted molar refractivity (Wildman–Crippen MR) is 151 cm³/mol. The molecule has 0 bridgehead atoms. The van der Waals surface area contributed by atoms with Gasteiger partial charge in [-0.25, -0.2) is 9.79 Å². The Morgan fingerprint density at radius 1 is 1.38 bits per heavy atom. The number of carbonyl (C=O) groups excluding carboxylic acids is 1. The van der Waals surface area contributed by atoms with E-state index in [2.05, 4.69) is 56.1 Å². The van der Waals surface area contributed by atoms with Crippen LogP contribution in [0, 0.1) is 19.5 Å². The largest absolute Gasteiger partial charge is 0.479 e. The number of aromatic nitrogens is 1. The van der Waals surface area contributed by atoms with E-state index in [-0.39, 0.29) is 18.8 Å². The normalized spacial score (nSPS) is 15.5. The summed E-state index contributed by atoms with van der Waals surface area (Å²) < 4.78 is 15.1. The minimum atomic E-state index is -0.592. The highest BCUT2D eigenvalue weighted by Gasteiger charge is 2.33. The molecule has 3 aromatic rings. The minimum Gasteiger partial charge on any atom is -0.479 e. The van der Waals surface area contributed by atoms with Crippen molar-refractivity contribution < 1.29 is 14.3 Å². The summed E-state index contributed by atoms with van der Waals surface area (Å²) in [6.45, 7) is 3.89. The fraction of sp³-hybridized carbons (Fsp3) is 0.208. The standard InChI is InChI=1S/C24H18I2N2O4S2/c1-4-8-32-21-14(10-15(25)12-16(21)26)11-18-22(29)28-20(17-7-6-9-33-17)19(23(30)31-5-2)13(3)27-24(28)34-18/h1,6-7,9-12,20H,5,8H2,2-3H3/b18-11-/t20-/m0/s1. The maximum atomic E-state index is 13.7. The molecule has 34 heavy (non-hydrogen) atoms. The number of ether oxygens (including phenoxy) is 2. The Morgan fingerprint density at radius 2 is 2.18 bits per heavy atom. The van der Waals surface area contributed by atoms with E-state index in [1.807, 2.05) is 29.6 Å². The number of benzene rings is 1. The summed E-state index contributed by atoms with van der Waals surface area (Å²) in [6.07, 6.45) is 7.19. The monoisotopic (exact) mass is 716 g/mol. The number of hydrogen-bond acceptors (Lipinski definition) is 7. The van der Waals surface area contributed by atoms with Crippen LogP contribution in [0.1, 0.15) is 30.3 Å². The molecule has 2 aromatic heterocycles. The molecule has 0 saturated heterocycles. The quantitative estimate of drug-likeness (QED) is 0.219. The number of rotatable bonds is 6.